The lowest BCUT2D eigenvalue weighted by molar-refractivity contribution is 0.00753. The minimum Gasteiger partial charge on any atom is -0.471 e. The van der Waals surface area contributed by atoms with E-state index in [4.69, 9.17) is 9.47 Å². The van der Waals surface area contributed by atoms with Crippen molar-refractivity contribution in [1.29, 1.82) is 0 Å². The number of hydrogen-bond donors (Lipinski definition) is 0. The number of fused-ring (bicyclic) bond motifs is 1. The van der Waals surface area contributed by atoms with Crippen LogP contribution in [-0.2, 0) is 4.74 Å². The third-order valence-corrected chi connectivity index (χ3v) is 4.46. The minimum absolute atomic E-state index is 0.0400. The van der Waals surface area contributed by atoms with E-state index in [1.807, 2.05) is 45.0 Å². The second-order valence-corrected chi connectivity index (χ2v) is 7.60. The lowest BCUT2D eigenvalue weighted by Gasteiger charge is -2.33. The largest absolute Gasteiger partial charge is 0.471 e. The van der Waals surface area contributed by atoms with Gasteiger partial charge in [-0.15, -0.1) is 0 Å². The van der Waals surface area contributed by atoms with Crippen molar-refractivity contribution in [2.45, 2.75) is 45.3 Å². The Morgan fingerprint density at radius 1 is 1.35 bits per heavy atom. The number of carbonyl (C=O) groups excluding carboxylic acids is 1. The van der Waals surface area contributed by atoms with E-state index in [9.17, 15) is 4.79 Å². The maximum absolute atomic E-state index is 12.2. The van der Waals surface area contributed by atoms with E-state index in [1.54, 1.807) is 4.90 Å². The van der Waals surface area contributed by atoms with Crippen LogP contribution in [-0.4, -0.2) is 40.2 Å². The number of likely N-dealkylation sites (tertiary alicyclic amines) is 1. The molecule has 5 nitrogen and oxygen atoms in total. The van der Waals surface area contributed by atoms with Gasteiger partial charge in [0.15, 0.2) is 0 Å². The standard InChI is InChI=1S/C17H22N2O3S/c1-17(2,3)22-16(20)19-10-6-7-12(11-19)21-15-13-8-4-5-9-14(13)23-18-15/h4-5,8-9,12H,6-7,10-11H2,1-3H3/t12-/m0/s1. The topological polar surface area (TPSA) is 51.7 Å². The van der Waals surface area contributed by atoms with Crippen molar-refractivity contribution in [3.63, 3.8) is 0 Å². The highest BCUT2D eigenvalue weighted by molar-refractivity contribution is 7.13. The van der Waals surface area contributed by atoms with E-state index in [2.05, 4.69) is 4.37 Å². The van der Waals surface area contributed by atoms with E-state index >= 15 is 0 Å². The molecule has 1 aromatic carbocycles. The molecule has 0 N–H and O–H groups in total. The Labute approximate surface area is 140 Å². The van der Waals surface area contributed by atoms with Crippen molar-refractivity contribution in [2.24, 2.45) is 0 Å². The molecular weight excluding hydrogens is 312 g/mol. The van der Waals surface area contributed by atoms with Crippen LogP contribution in [0.3, 0.4) is 0 Å². The molecule has 1 aromatic heterocycles. The maximum Gasteiger partial charge on any atom is 0.410 e. The fraction of sp³-hybridized carbons (Fsp3) is 0.529. The summed E-state index contributed by atoms with van der Waals surface area (Å²) in [5, 5.41) is 1.03. The molecule has 124 valence electrons. The molecule has 1 atom stereocenters. The smallest absolute Gasteiger partial charge is 0.410 e. The van der Waals surface area contributed by atoms with Gasteiger partial charge in [0, 0.05) is 6.54 Å². The fourth-order valence-electron chi connectivity index (χ4n) is 2.63. The number of aromatic nitrogens is 1. The molecule has 1 aliphatic rings. The lowest BCUT2D eigenvalue weighted by atomic mass is 10.1. The first-order valence-corrected chi connectivity index (χ1v) is 8.69. The molecule has 3 rings (SSSR count). The minimum atomic E-state index is -0.476. The third kappa shape index (κ3) is 3.93. The zero-order chi connectivity index (χ0) is 16.4. The van der Waals surface area contributed by atoms with Crippen LogP contribution in [0.1, 0.15) is 33.6 Å². The first-order valence-electron chi connectivity index (χ1n) is 7.91. The Hall–Kier alpha value is -1.82. The summed E-state index contributed by atoms with van der Waals surface area (Å²) in [5.41, 5.74) is -0.476. The van der Waals surface area contributed by atoms with Gasteiger partial charge in [-0.05, 0) is 57.3 Å². The first kappa shape index (κ1) is 16.1. The van der Waals surface area contributed by atoms with Crippen molar-refractivity contribution >= 4 is 27.7 Å². The summed E-state index contributed by atoms with van der Waals surface area (Å²) in [6, 6.07) is 8.03. The molecule has 1 fully saturated rings. The van der Waals surface area contributed by atoms with Crippen molar-refractivity contribution in [3.05, 3.63) is 24.3 Å². The van der Waals surface area contributed by atoms with E-state index in [-0.39, 0.29) is 12.2 Å². The molecule has 23 heavy (non-hydrogen) atoms. The summed E-state index contributed by atoms with van der Waals surface area (Å²) in [7, 11) is 0. The molecule has 0 aliphatic carbocycles. The van der Waals surface area contributed by atoms with Gasteiger partial charge in [-0.2, -0.15) is 4.37 Å². The Morgan fingerprint density at radius 3 is 2.91 bits per heavy atom. The van der Waals surface area contributed by atoms with Gasteiger partial charge < -0.3 is 14.4 Å². The molecule has 2 aromatic rings. The monoisotopic (exact) mass is 334 g/mol. The van der Waals surface area contributed by atoms with Crippen LogP contribution < -0.4 is 4.74 Å². The first-order chi connectivity index (χ1) is 10.9. The third-order valence-electron chi connectivity index (χ3n) is 3.65. The number of hydrogen-bond acceptors (Lipinski definition) is 5. The zero-order valence-electron chi connectivity index (χ0n) is 13.7. The zero-order valence-corrected chi connectivity index (χ0v) is 14.6. The summed E-state index contributed by atoms with van der Waals surface area (Å²) in [5.74, 6) is 0.668. The van der Waals surface area contributed by atoms with Crippen LogP contribution in [0.4, 0.5) is 4.79 Å². The summed E-state index contributed by atoms with van der Waals surface area (Å²) in [4.78, 5) is 13.9. The van der Waals surface area contributed by atoms with E-state index in [1.165, 1.54) is 11.5 Å². The number of ether oxygens (including phenoxy) is 2. The number of amides is 1. The quantitative estimate of drug-likeness (QED) is 0.830. The number of piperidine rings is 1. The summed E-state index contributed by atoms with van der Waals surface area (Å²) in [6.07, 6.45) is 1.52. The molecule has 0 radical (unpaired) electrons. The molecule has 0 spiro atoms. The summed E-state index contributed by atoms with van der Waals surface area (Å²) < 4.78 is 17.0. The number of nitrogens with zero attached hydrogens (tertiary/aromatic N) is 2. The predicted molar refractivity (Wildman–Crippen MR) is 91.1 cm³/mol. The van der Waals surface area contributed by atoms with Crippen LogP contribution in [0.2, 0.25) is 0 Å². The molecule has 0 saturated carbocycles. The highest BCUT2D eigenvalue weighted by Gasteiger charge is 2.29. The van der Waals surface area contributed by atoms with Gasteiger partial charge in [0.2, 0.25) is 5.88 Å². The molecular formula is C17H22N2O3S. The number of benzene rings is 1. The Balaban J connectivity index is 1.66. The molecule has 0 bridgehead atoms. The molecule has 6 heteroatoms. The Bertz CT molecular complexity index is 692. The molecule has 1 amide bonds. The van der Waals surface area contributed by atoms with Crippen molar-refractivity contribution in [3.8, 4) is 5.88 Å². The van der Waals surface area contributed by atoms with E-state index in [0.717, 1.165) is 22.9 Å². The van der Waals surface area contributed by atoms with Gasteiger partial charge in [-0.25, -0.2) is 4.79 Å². The van der Waals surface area contributed by atoms with Crippen LogP contribution >= 0.6 is 11.5 Å². The molecule has 2 heterocycles. The fourth-order valence-corrected chi connectivity index (χ4v) is 3.35. The van der Waals surface area contributed by atoms with Crippen molar-refractivity contribution in [1.82, 2.24) is 9.27 Å². The van der Waals surface area contributed by atoms with Crippen LogP contribution in [0, 0.1) is 0 Å². The van der Waals surface area contributed by atoms with Gasteiger partial charge >= 0.3 is 6.09 Å². The number of rotatable bonds is 2. The van der Waals surface area contributed by atoms with Gasteiger partial charge in [0.05, 0.1) is 16.6 Å². The highest BCUT2D eigenvalue weighted by Crippen LogP contribution is 2.30. The average Bonchev–Trinajstić information content (AvgIpc) is 2.89. The van der Waals surface area contributed by atoms with Crippen LogP contribution in [0.25, 0.3) is 10.1 Å². The van der Waals surface area contributed by atoms with Gasteiger partial charge in [0.25, 0.3) is 0 Å². The second kappa shape index (κ2) is 6.35. The Kier molecular flexibility index (Phi) is 4.43. The van der Waals surface area contributed by atoms with Crippen LogP contribution in [0.5, 0.6) is 5.88 Å². The molecule has 1 aliphatic heterocycles. The summed E-state index contributed by atoms with van der Waals surface area (Å²) >= 11 is 1.44. The predicted octanol–water partition coefficient (Wildman–Crippen LogP) is 4.07. The van der Waals surface area contributed by atoms with Crippen molar-refractivity contribution < 1.29 is 14.3 Å². The van der Waals surface area contributed by atoms with Gasteiger partial charge in [0.1, 0.15) is 11.7 Å². The molecule has 0 unspecified atom stereocenters. The molecule has 1 saturated heterocycles. The van der Waals surface area contributed by atoms with E-state index in [0.29, 0.717) is 19.0 Å². The summed E-state index contributed by atoms with van der Waals surface area (Å²) in [6.45, 7) is 6.89. The van der Waals surface area contributed by atoms with Gasteiger partial charge in [-0.3, -0.25) is 0 Å². The second-order valence-electron chi connectivity index (χ2n) is 6.79. The lowest BCUT2D eigenvalue weighted by Crippen LogP contribution is -2.46. The Morgan fingerprint density at radius 2 is 2.13 bits per heavy atom. The SMILES string of the molecule is CC(C)(C)OC(=O)N1CCC[C@H](Oc2nsc3ccccc23)C1. The highest BCUT2D eigenvalue weighted by atomic mass is 32.1. The van der Waals surface area contributed by atoms with Gasteiger partial charge in [-0.1, -0.05) is 12.1 Å². The van der Waals surface area contributed by atoms with E-state index < -0.39 is 5.60 Å². The normalized spacial score (nSPS) is 18.9. The number of carbonyl (C=O) groups is 1. The van der Waals surface area contributed by atoms with Crippen molar-refractivity contribution in [2.75, 3.05) is 13.1 Å². The van der Waals surface area contributed by atoms with Crippen LogP contribution in [0.15, 0.2) is 24.3 Å². The maximum atomic E-state index is 12.2. The average molecular weight is 334 g/mol.